The number of methoxy groups -OCH3 is 3. The van der Waals surface area contributed by atoms with Crippen LogP contribution in [0.1, 0.15) is 17.5 Å². The molecular weight excluding hydrogens is 402 g/mol. The lowest BCUT2D eigenvalue weighted by atomic mass is 9.82. The summed E-state index contributed by atoms with van der Waals surface area (Å²) in [7, 11) is 4.69. The van der Waals surface area contributed by atoms with Crippen LogP contribution in [0.15, 0.2) is 30.3 Å². The zero-order valence-electron chi connectivity index (χ0n) is 18.2. The fourth-order valence-corrected chi connectivity index (χ4v) is 4.07. The van der Waals surface area contributed by atoms with Crippen LogP contribution in [0, 0.1) is 0 Å². The number of aliphatic hydroxyl groups is 1. The Morgan fingerprint density at radius 2 is 1.58 bits per heavy atom. The molecule has 0 saturated carbocycles. The van der Waals surface area contributed by atoms with Gasteiger partial charge < -0.3 is 33.5 Å². The summed E-state index contributed by atoms with van der Waals surface area (Å²) in [5.41, 5.74) is 0.0416. The Morgan fingerprint density at radius 3 is 2.23 bits per heavy atom. The van der Waals surface area contributed by atoms with E-state index < -0.39 is 5.60 Å². The van der Waals surface area contributed by atoms with E-state index in [4.69, 9.17) is 28.4 Å². The highest BCUT2D eigenvalue weighted by molar-refractivity contribution is 5.57. The van der Waals surface area contributed by atoms with Crippen molar-refractivity contribution in [3.8, 4) is 28.7 Å². The predicted molar refractivity (Wildman–Crippen MR) is 114 cm³/mol. The monoisotopic (exact) mass is 431 g/mol. The van der Waals surface area contributed by atoms with Gasteiger partial charge in [-0.05, 0) is 41.8 Å². The first-order valence-electron chi connectivity index (χ1n) is 10.3. The van der Waals surface area contributed by atoms with Crippen molar-refractivity contribution in [2.75, 3.05) is 61.0 Å². The predicted octanol–water partition coefficient (Wildman–Crippen LogP) is 2.40. The molecule has 0 bridgehead atoms. The number of nitrogens with zero attached hydrogens (tertiary/aromatic N) is 1. The third kappa shape index (κ3) is 4.23. The summed E-state index contributed by atoms with van der Waals surface area (Å²) < 4.78 is 33.0. The zero-order valence-corrected chi connectivity index (χ0v) is 18.2. The van der Waals surface area contributed by atoms with Gasteiger partial charge >= 0.3 is 0 Å². The van der Waals surface area contributed by atoms with Gasteiger partial charge in [-0.25, -0.2) is 0 Å². The van der Waals surface area contributed by atoms with E-state index in [0.29, 0.717) is 66.1 Å². The molecule has 1 fully saturated rings. The molecule has 0 spiro atoms. The van der Waals surface area contributed by atoms with E-state index in [0.717, 1.165) is 13.1 Å². The second-order valence-electron chi connectivity index (χ2n) is 7.55. The van der Waals surface area contributed by atoms with Gasteiger partial charge in [0.05, 0.1) is 34.5 Å². The van der Waals surface area contributed by atoms with Crippen LogP contribution in [0.4, 0.5) is 0 Å². The smallest absolute Gasteiger partial charge is 0.231 e. The maximum Gasteiger partial charge on any atom is 0.231 e. The fourth-order valence-electron chi connectivity index (χ4n) is 4.07. The second-order valence-corrected chi connectivity index (χ2v) is 7.55. The van der Waals surface area contributed by atoms with E-state index >= 15 is 0 Å². The van der Waals surface area contributed by atoms with Crippen LogP contribution >= 0.6 is 0 Å². The van der Waals surface area contributed by atoms with Crippen molar-refractivity contribution in [2.24, 2.45) is 0 Å². The normalized spacial score (nSPS) is 17.8. The standard InChI is InChI=1S/C23H29NO7/c1-26-20-13-17(14-21(27-2)22(20)28-3)23(25,6-7-24-8-10-29-11-9-24)16-4-5-18-19(12-16)31-15-30-18/h4-5,12-14,25H,6-11,15H2,1-3H3. The van der Waals surface area contributed by atoms with Crippen molar-refractivity contribution >= 4 is 0 Å². The summed E-state index contributed by atoms with van der Waals surface area (Å²) >= 11 is 0. The quantitative estimate of drug-likeness (QED) is 0.683. The lowest BCUT2D eigenvalue weighted by Crippen LogP contribution is -2.40. The molecule has 8 heteroatoms. The lowest BCUT2D eigenvalue weighted by molar-refractivity contribution is 0.0141. The van der Waals surface area contributed by atoms with Crippen LogP contribution in [0.5, 0.6) is 28.7 Å². The molecule has 168 valence electrons. The highest BCUT2D eigenvalue weighted by Gasteiger charge is 2.35. The fraction of sp³-hybridized carbons (Fsp3) is 0.478. The molecule has 1 atom stereocenters. The molecule has 8 nitrogen and oxygen atoms in total. The molecule has 2 aromatic carbocycles. The van der Waals surface area contributed by atoms with Gasteiger partial charge in [0.25, 0.3) is 0 Å². The first kappa shape index (κ1) is 21.5. The van der Waals surface area contributed by atoms with Crippen molar-refractivity contribution < 1.29 is 33.5 Å². The molecule has 2 aliphatic rings. The molecule has 2 aliphatic heterocycles. The van der Waals surface area contributed by atoms with Crippen molar-refractivity contribution in [1.29, 1.82) is 0 Å². The minimum atomic E-state index is -1.31. The van der Waals surface area contributed by atoms with Crippen molar-refractivity contribution in [1.82, 2.24) is 4.90 Å². The number of morpholine rings is 1. The van der Waals surface area contributed by atoms with Crippen LogP contribution in [-0.2, 0) is 10.3 Å². The van der Waals surface area contributed by atoms with E-state index in [-0.39, 0.29) is 6.79 Å². The maximum absolute atomic E-state index is 12.1. The molecule has 4 rings (SSSR count). The third-order valence-electron chi connectivity index (χ3n) is 5.89. The maximum atomic E-state index is 12.1. The largest absolute Gasteiger partial charge is 0.493 e. The first-order valence-corrected chi connectivity index (χ1v) is 10.3. The highest BCUT2D eigenvalue weighted by Crippen LogP contribution is 2.45. The molecule has 0 radical (unpaired) electrons. The average Bonchev–Trinajstić information content (AvgIpc) is 3.30. The molecule has 1 saturated heterocycles. The van der Waals surface area contributed by atoms with Crippen molar-refractivity contribution in [2.45, 2.75) is 12.0 Å². The summed E-state index contributed by atoms with van der Waals surface area (Å²) in [5.74, 6) is 2.75. The van der Waals surface area contributed by atoms with Crippen molar-refractivity contribution in [3.05, 3.63) is 41.5 Å². The second kappa shape index (κ2) is 9.21. The Morgan fingerprint density at radius 1 is 0.903 bits per heavy atom. The SMILES string of the molecule is COc1cc(C(O)(CCN2CCOCC2)c2ccc3c(c2)OCO3)cc(OC)c1OC. The van der Waals surface area contributed by atoms with Crippen LogP contribution < -0.4 is 23.7 Å². The van der Waals surface area contributed by atoms with Crippen LogP contribution in [0.3, 0.4) is 0 Å². The van der Waals surface area contributed by atoms with Gasteiger partial charge in [-0.1, -0.05) is 6.07 Å². The van der Waals surface area contributed by atoms with Gasteiger partial charge in [0.2, 0.25) is 12.5 Å². The van der Waals surface area contributed by atoms with Crippen LogP contribution in [0.25, 0.3) is 0 Å². The molecule has 0 amide bonds. The van der Waals surface area contributed by atoms with Gasteiger partial charge in [0.1, 0.15) is 5.60 Å². The Kier molecular flexibility index (Phi) is 6.41. The van der Waals surface area contributed by atoms with E-state index in [1.165, 1.54) is 0 Å². The zero-order chi connectivity index (χ0) is 21.8. The molecule has 1 N–H and O–H groups in total. The Labute approximate surface area is 182 Å². The summed E-state index contributed by atoms with van der Waals surface area (Å²) in [5, 5.41) is 12.1. The van der Waals surface area contributed by atoms with E-state index in [1.54, 1.807) is 33.5 Å². The van der Waals surface area contributed by atoms with Gasteiger partial charge in [-0.15, -0.1) is 0 Å². The molecule has 1 unspecified atom stereocenters. The molecule has 2 heterocycles. The minimum absolute atomic E-state index is 0.176. The number of rotatable bonds is 8. The summed E-state index contributed by atoms with van der Waals surface area (Å²) in [4.78, 5) is 2.29. The summed E-state index contributed by atoms with van der Waals surface area (Å²) in [6.45, 7) is 3.96. The van der Waals surface area contributed by atoms with Gasteiger partial charge in [0, 0.05) is 19.6 Å². The van der Waals surface area contributed by atoms with Gasteiger partial charge in [0.15, 0.2) is 23.0 Å². The lowest BCUT2D eigenvalue weighted by Gasteiger charge is -2.34. The molecule has 31 heavy (non-hydrogen) atoms. The third-order valence-corrected chi connectivity index (χ3v) is 5.89. The minimum Gasteiger partial charge on any atom is -0.493 e. The van der Waals surface area contributed by atoms with Gasteiger partial charge in [-0.3, -0.25) is 4.90 Å². The summed E-state index contributed by atoms with van der Waals surface area (Å²) in [6.07, 6.45) is 0.464. The number of hydrogen-bond acceptors (Lipinski definition) is 8. The van der Waals surface area contributed by atoms with E-state index in [1.807, 2.05) is 18.2 Å². The molecule has 0 aliphatic carbocycles. The van der Waals surface area contributed by atoms with Crippen molar-refractivity contribution in [3.63, 3.8) is 0 Å². The molecule has 0 aromatic heterocycles. The summed E-state index contributed by atoms with van der Waals surface area (Å²) in [6, 6.07) is 9.13. The Hall–Kier alpha value is -2.68. The Balaban J connectivity index is 1.76. The van der Waals surface area contributed by atoms with Crippen LogP contribution in [0.2, 0.25) is 0 Å². The number of fused-ring (bicyclic) bond motifs is 1. The van der Waals surface area contributed by atoms with Gasteiger partial charge in [-0.2, -0.15) is 0 Å². The van der Waals surface area contributed by atoms with Crippen LogP contribution in [-0.4, -0.2) is 71.0 Å². The first-order chi connectivity index (χ1) is 15.1. The topological polar surface area (TPSA) is 78.9 Å². The molecular formula is C23H29NO7. The highest BCUT2D eigenvalue weighted by atomic mass is 16.7. The number of benzene rings is 2. The average molecular weight is 431 g/mol. The number of hydrogen-bond donors (Lipinski definition) is 1. The van der Waals surface area contributed by atoms with E-state index in [9.17, 15) is 5.11 Å². The number of ether oxygens (including phenoxy) is 6. The Bertz CT molecular complexity index is 888. The van der Waals surface area contributed by atoms with E-state index in [2.05, 4.69) is 4.90 Å². The molecule has 2 aromatic rings.